The first-order chi connectivity index (χ1) is 2.89. The summed E-state index contributed by atoms with van der Waals surface area (Å²) in [7, 11) is 0. The predicted molar refractivity (Wildman–Crippen MR) is 29.4 cm³/mol. The first kappa shape index (κ1) is 8.52. The zero-order chi connectivity index (χ0) is 4.41. The van der Waals surface area contributed by atoms with Gasteiger partial charge in [-0.3, -0.25) is 4.79 Å². The van der Waals surface area contributed by atoms with E-state index in [-0.39, 0.29) is 74.8 Å². The summed E-state index contributed by atoms with van der Waals surface area (Å²) < 4.78 is 0. The summed E-state index contributed by atoms with van der Waals surface area (Å²) in [5.41, 5.74) is 0. The van der Waals surface area contributed by atoms with Crippen LogP contribution in [0.25, 0.3) is 0 Å². The van der Waals surface area contributed by atoms with E-state index in [1.807, 2.05) is 0 Å². The maximum atomic E-state index is 10.1. The van der Waals surface area contributed by atoms with E-state index >= 15 is 0 Å². The van der Waals surface area contributed by atoms with Gasteiger partial charge in [-0.05, 0) is 6.42 Å². The number of amides is 1. The second-order valence-corrected chi connectivity index (χ2v) is 1.45. The monoisotopic (exact) mass is 219 g/mol. The molecule has 0 radical (unpaired) electrons. The van der Waals surface area contributed by atoms with Crippen molar-refractivity contribution in [2.75, 3.05) is 6.54 Å². The van der Waals surface area contributed by atoms with E-state index < -0.39 is 0 Å². The van der Waals surface area contributed by atoms with Gasteiger partial charge in [0.05, 0.1) is 0 Å². The second kappa shape index (κ2) is 4.41. The van der Waals surface area contributed by atoms with Crippen LogP contribution in [-0.2, 0) is 4.79 Å². The summed E-state index contributed by atoms with van der Waals surface area (Å²) >= 11 is 0. The van der Waals surface area contributed by atoms with E-state index in [1.54, 1.807) is 0 Å². The third-order valence-corrected chi connectivity index (χ3v) is 0.903. The minimum atomic E-state index is 0. The first-order valence-corrected chi connectivity index (χ1v) is 2.16. The Balaban J connectivity index is 0.000000360. The van der Waals surface area contributed by atoms with E-state index in [2.05, 4.69) is 5.32 Å². The number of carbonyl (C=O) groups is 1. The SMILES string of the molecule is O=C1CCCN1.[CsH]. The molecule has 0 aliphatic carbocycles. The average Bonchev–Trinajstić information content (AvgIpc) is 1.86. The Morgan fingerprint density at radius 2 is 2.29 bits per heavy atom. The van der Waals surface area contributed by atoms with Crippen molar-refractivity contribution < 1.29 is 4.79 Å². The van der Waals surface area contributed by atoms with Crippen molar-refractivity contribution in [2.24, 2.45) is 0 Å². The van der Waals surface area contributed by atoms with Crippen LogP contribution in [0.4, 0.5) is 0 Å². The van der Waals surface area contributed by atoms with Gasteiger partial charge in [0.15, 0.2) is 0 Å². The minimum absolute atomic E-state index is 0. The van der Waals surface area contributed by atoms with E-state index in [0.29, 0.717) is 0 Å². The topological polar surface area (TPSA) is 29.1 Å². The quantitative estimate of drug-likeness (QED) is 0.570. The van der Waals surface area contributed by atoms with Gasteiger partial charge in [0.25, 0.3) is 0 Å². The molecule has 1 rings (SSSR count). The summed E-state index contributed by atoms with van der Waals surface area (Å²) in [4.78, 5) is 10.1. The molecule has 1 aliphatic rings. The molecule has 1 saturated heterocycles. The average molecular weight is 219 g/mol. The Bertz CT molecular complexity index is 66.1. The van der Waals surface area contributed by atoms with E-state index in [4.69, 9.17) is 0 Å². The fourth-order valence-electron chi connectivity index (χ4n) is 0.565. The molecule has 0 saturated carbocycles. The van der Waals surface area contributed by atoms with Crippen LogP contribution in [0.3, 0.4) is 0 Å². The van der Waals surface area contributed by atoms with Gasteiger partial charge in [-0.1, -0.05) is 0 Å². The standard InChI is InChI=1S/C4H7NO.Cs.H/c6-4-2-1-3-5-4;;/h1-3H2,(H,5,6);;. The molecule has 1 N–H and O–H groups in total. The van der Waals surface area contributed by atoms with Crippen LogP contribution in [-0.4, -0.2) is 81.3 Å². The van der Waals surface area contributed by atoms with Gasteiger partial charge < -0.3 is 5.32 Å². The fourth-order valence-corrected chi connectivity index (χ4v) is 0.565. The van der Waals surface area contributed by atoms with Crippen molar-refractivity contribution in [2.45, 2.75) is 12.8 Å². The number of carbonyl (C=O) groups excluding carboxylic acids is 1. The van der Waals surface area contributed by atoms with Crippen LogP contribution >= 0.6 is 0 Å². The van der Waals surface area contributed by atoms with Crippen molar-refractivity contribution in [1.29, 1.82) is 0 Å². The van der Waals surface area contributed by atoms with Gasteiger partial charge in [0.2, 0.25) is 5.91 Å². The number of hydrogen-bond donors (Lipinski definition) is 1. The molecule has 0 aromatic rings. The van der Waals surface area contributed by atoms with E-state index in [1.165, 1.54) is 0 Å². The van der Waals surface area contributed by atoms with Gasteiger partial charge >= 0.3 is 68.9 Å². The molecular weight excluding hydrogens is 211 g/mol. The van der Waals surface area contributed by atoms with Gasteiger partial charge in [-0.2, -0.15) is 0 Å². The first-order valence-electron chi connectivity index (χ1n) is 2.16. The van der Waals surface area contributed by atoms with Gasteiger partial charge in [-0.25, -0.2) is 0 Å². The van der Waals surface area contributed by atoms with Crippen LogP contribution in [0.1, 0.15) is 12.8 Å². The molecule has 0 atom stereocenters. The van der Waals surface area contributed by atoms with Crippen LogP contribution in [0.5, 0.6) is 0 Å². The fraction of sp³-hybridized carbons (Fsp3) is 0.750. The molecule has 0 bridgehead atoms. The molecule has 0 unspecified atom stereocenters. The summed E-state index contributed by atoms with van der Waals surface area (Å²) in [6, 6.07) is 0. The van der Waals surface area contributed by atoms with Crippen molar-refractivity contribution in [3.63, 3.8) is 0 Å². The maximum absolute atomic E-state index is 10.1. The van der Waals surface area contributed by atoms with Gasteiger partial charge in [0, 0.05) is 13.0 Å². The Morgan fingerprint density at radius 1 is 1.57 bits per heavy atom. The summed E-state index contributed by atoms with van der Waals surface area (Å²) in [6.45, 7) is 0.888. The predicted octanol–water partition coefficient (Wildman–Crippen LogP) is -0.752. The zero-order valence-corrected chi connectivity index (χ0v) is 3.53. The van der Waals surface area contributed by atoms with Crippen molar-refractivity contribution in [1.82, 2.24) is 5.32 Å². The van der Waals surface area contributed by atoms with Crippen LogP contribution in [0, 0.1) is 0 Å². The Labute approximate surface area is 102 Å². The third-order valence-electron chi connectivity index (χ3n) is 0.903. The van der Waals surface area contributed by atoms with Crippen molar-refractivity contribution >= 4 is 74.8 Å². The Kier molecular flexibility index (Phi) is 5.36. The van der Waals surface area contributed by atoms with Crippen LogP contribution < -0.4 is 5.32 Å². The second-order valence-electron chi connectivity index (χ2n) is 1.45. The van der Waals surface area contributed by atoms with Crippen molar-refractivity contribution in [3.05, 3.63) is 0 Å². The molecule has 1 amide bonds. The molecule has 0 aromatic carbocycles. The molecule has 3 heteroatoms. The molecule has 0 aromatic heterocycles. The zero-order valence-electron chi connectivity index (χ0n) is 3.53. The normalized spacial score (nSPS) is 18.0. The van der Waals surface area contributed by atoms with Gasteiger partial charge in [0.1, 0.15) is 0 Å². The van der Waals surface area contributed by atoms with Crippen LogP contribution in [0.15, 0.2) is 0 Å². The molecule has 1 heterocycles. The number of hydrogen-bond acceptors (Lipinski definition) is 1. The summed E-state index contributed by atoms with van der Waals surface area (Å²) in [5.74, 6) is 0.204. The Morgan fingerprint density at radius 3 is 2.43 bits per heavy atom. The molecule has 1 fully saturated rings. The molecule has 2 nitrogen and oxygen atoms in total. The number of rotatable bonds is 0. The van der Waals surface area contributed by atoms with Crippen LogP contribution in [0.2, 0.25) is 0 Å². The molecule has 1 aliphatic heterocycles. The van der Waals surface area contributed by atoms with E-state index in [0.717, 1.165) is 19.4 Å². The number of nitrogens with one attached hydrogen (secondary N) is 1. The Hall–Kier alpha value is 1.52. The molecule has 7 heavy (non-hydrogen) atoms. The molecular formula is C4H8CsNO. The summed E-state index contributed by atoms with van der Waals surface area (Å²) in [5, 5.41) is 2.68. The third kappa shape index (κ3) is 3.16. The molecule has 36 valence electrons. The van der Waals surface area contributed by atoms with Gasteiger partial charge in [-0.15, -0.1) is 0 Å². The molecule has 0 spiro atoms. The van der Waals surface area contributed by atoms with Crippen molar-refractivity contribution in [3.8, 4) is 0 Å². The van der Waals surface area contributed by atoms with E-state index in [9.17, 15) is 4.79 Å². The summed E-state index contributed by atoms with van der Waals surface area (Å²) in [6.07, 6.45) is 1.76.